The molecule has 0 bridgehead atoms. The van der Waals surface area contributed by atoms with Crippen molar-refractivity contribution in [3.8, 4) is 0 Å². The largest absolute Gasteiger partial charge is 0.468 e. The number of hydrogen-bond donors (Lipinski definition) is 2. The third kappa shape index (κ3) is 4.70. The van der Waals surface area contributed by atoms with E-state index in [4.69, 9.17) is 10.2 Å². The van der Waals surface area contributed by atoms with Crippen molar-refractivity contribution >= 4 is 0 Å². The first-order valence-electron chi connectivity index (χ1n) is 4.77. The first-order valence-corrected chi connectivity index (χ1v) is 4.77. The molecule has 3 N–H and O–H groups in total. The van der Waals surface area contributed by atoms with Gasteiger partial charge < -0.3 is 15.5 Å². The van der Waals surface area contributed by atoms with E-state index in [2.05, 4.69) is 5.32 Å². The van der Waals surface area contributed by atoms with Gasteiger partial charge in [0.25, 0.3) is 0 Å². The van der Waals surface area contributed by atoms with Gasteiger partial charge in [-0.3, -0.25) is 0 Å². The van der Waals surface area contributed by atoms with E-state index in [9.17, 15) is 0 Å². The predicted octanol–water partition coefficient (Wildman–Crippen LogP) is 1.50. The molecule has 0 aliphatic carbocycles. The number of hydrogen-bond acceptors (Lipinski definition) is 3. The number of nitrogens with two attached hydrogens (primary N) is 1. The molecule has 0 aliphatic rings. The molecule has 13 heavy (non-hydrogen) atoms. The molecule has 1 aromatic heterocycles. The highest BCUT2D eigenvalue weighted by Crippen LogP contribution is 1.98. The van der Waals surface area contributed by atoms with Gasteiger partial charge in [0.05, 0.1) is 12.8 Å². The van der Waals surface area contributed by atoms with Crippen LogP contribution < -0.4 is 11.1 Å². The molecule has 3 nitrogen and oxygen atoms in total. The van der Waals surface area contributed by atoms with Crippen molar-refractivity contribution in [1.82, 2.24) is 5.32 Å². The molecule has 3 heteroatoms. The standard InChI is InChI=1S/C10H18N2O/c1-9(11)4-2-6-12-8-10-5-3-7-13-10/h3,5,7,9,12H,2,4,6,8,11H2,1H3. The van der Waals surface area contributed by atoms with Crippen molar-refractivity contribution < 1.29 is 4.42 Å². The maximum Gasteiger partial charge on any atom is 0.117 e. The molecule has 0 saturated heterocycles. The van der Waals surface area contributed by atoms with Crippen LogP contribution >= 0.6 is 0 Å². The third-order valence-electron chi connectivity index (χ3n) is 1.89. The minimum atomic E-state index is 0.311. The Morgan fingerprint density at radius 3 is 3.08 bits per heavy atom. The molecule has 0 aromatic carbocycles. The van der Waals surface area contributed by atoms with Crippen LogP contribution in [0, 0.1) is 0 Å². The summed E-state index contributed by atoms with van der Waals surface area (Å²) in [4.78, 5) is 0. The fraction of sp³-hybridized carbons (Fsp3) is 0.600. The summed E-state index contributed by atoms with van der Waals surface area (Å²) in [5.41, 5.74) is 5.62. The Kier molecular flexibility index (Phi) is 4.57. The Morgan fingerprint density at radius 1 is 1.62 bits per heavy atom. The summed E-state index contributed by atoms with van der Waals surface area (Å²) in [6.45, 7) is 3.85. The summed E-state index contributed by atoms with van der Waals surface area (Å²) in [6.07, 6.45) is 3.89. The van der Waals surface area contributed by atoms with Crippen molar-refractivity contribution in [2.45, 2.75) is 32.4 Å². The van der Waals surface area contributed by atoms with E-state index in [0.29, 0.717) is 6.04 Å². The Hall–Kier alpha value is -0.800. The van der Waals surface area contributed by atoms with E-state index in [1.807, 2.05) is 19.1 Å². The maximum absolute atomic E-state index is 5.62. The number of rotatable bonds is 6. The smallest absolute Gasteiger partial charge is 0.117 e. The minimum Gasteiger partial charge on any atom is -0.468 e. The van der Waals surface area contributed by atoms with E-state index >= 15 is 0 Å². The third-order valence-corrected chi connectivity index (χ3v) is 1.89. The lowest BCUT2D eigenvalue weighted by Gasteiger charge is -2.04. The van der Waals surface area contributed by atoms with Crippen molar-refractivity contribution in [3.05, 3.63) is 24.2 Å². The lowest BCUT2D eigenvalue weighted by Crippen LogP contribution is -2.19. The highest BCUT2D eigenvalue weighted by Gasteiger charge is 1.95. The summed E-state index contributed by atoms with van der Waals surface area (Å²) in [5.74, 6) is 0.987. The van der Waals surface area contributed by atoms with Gasteiger partial charge in [-0.2, -0.15) is 0 Å². The molecule has 74 valence electrons. The van der Waals surface area contributed by atoms with E-state index < -0.39 is 0 Å². The van der Waals surface area contributed by atoms with Gasteiger partial charge in [-0.1, -0.05) is 0 Å². The van der Waals surface area contributed by atoms with Crippen molar-refractivity contribution in [2.75, 3.05) is 6.54 Å². The van der Waals surface area contributed by atoms with Gasteiger partial charge >= 0.3 is 0 Å². The zero-order valence-electron chi connectivity index (χ0n) is 8.12. The molecule has 0 aliphatic heterocycles. The van der Waals surface area contributed by atoms with E-state index in [1.165, 1.54) is 0 Å². The van der Waals surface area contributed by atoms with E-state index in [1.54, 1.807) is 6.26 Å². The van der Waals surface area contributed by atoms with Crippen LogP contribution in [0.3, 0.4) is 0 Å². The van der Waals surface area contributed by atoms with Crippen LogP contribution in [0.4, 0.5) is 0 Å². The molecule has 1 atom stereocenters. The van der Waals surface area contributed by atoms with Crippen LogP contribution in [0.2, 0.25) is 0 Å². The average Bonchev–Trinajstić information content (AvgIpc) is 2.55. The lowest BCUT2D eigenvalue weighted by molar-refractivity contribution is 0.476. The molecular formula is C10H18N2O. The SMILES string of the molecule is CC(N)CCCNCc1ccco1. The number of nitrogens with one attached hydrogen (secondary N) is 1. The summed E-state index contributed by atoms with van der Waals surface area (Å²) in [5, 5.41) is 3.29. The van der Waals surface area contributed by atoms with Crippen molar-refractivity contribution in [1.29, 1.82) is 0 Å². The summed E-state index contributed by atoms with van der Waals surface area (Å²) >= 11 is 0. The highest BCUT2D eigenvalue weighted by molar-refractivity contribution is 4.97. The molecule has 0 amide bonds. The normalized spacial score (nSPS) is 13.1. The van der Waals surface area contributed by atoms with Crippen LogP contribution in [-0.2, 0) is 6.54 Å². The fourth-order valence-electron chi connectivity index (χ4n) is 1.17. The topological polar surface area (TPSA) is 51.2 Å². The molecule has 1 heterocycles. The summed E-state index contributed by atoms with van der Waals surface area (Å²) in [7, 11) is 0. The number of furan rings is 1. The van der Waals surface area contributed by atoms with E-state index in [0.717, 1.165) is 31.7 Å². The van der Waals surface area contributed by atoms with Crippen LogP contribution in [0.5, 0.6) is 0 Å². The first kappa shape index (κ1) is 10.3. The summed E-state index contributed by atoms with van der Waals surface area (Å²) in [6, 6.07) is 4.18. The lowest BCUT2D eigenvalue weighted by atomic mass is 10.2. The van der Waals surface area contributed by atoms with Crippen molar-refractivity contribution in [2.24, 2.45) is 5.73 Å². The second kappa shape index (κ2) is 5.78. The van der Waals surface area contributed by atoms with Gasteiger partial charge in [0.1, 0.15) is 5.76 Å². The predicted molar refractivity (Wildman–Crippen MR) is 53.3 cm³/mol. The van der Waals surface area contributed by atoms with E-state index in [-0.39, 0.29) is 0 Å². The van der Waals surface area contributed by atoms with Crippen LogP contribution in [0.25, 0.3) is 0 Å². The van der Waals surface area contributed by atoms with Gasteiger partial charge in [-0.15, -0.1) is 0 Å². The van der Waals surface area contributed by atoms with Crippen LogP contribution in [0.15, 0.2) is 22.8 Å². The van der Waals surface area contributed by atoms with Crippen molar-refractivity contribution in [3.63, 3.8) is 0 Å². The molecule has 0 spiro atoms. The molecule has 0 radical (unpaired) electrons. The van der Waals surface area contributed by atoms with Gasteiger partial charge in [0, 0.05) is 6.04 Å². The average molecular weight is 182 g/mol. The molecule has 1 unspecified atom stereocenters. The second-order valence-corrected chi connectivity index (χ2v) is 3.38. The maximum atomic E-state index is 5.62. The Labute approximate surface area is 79.3 Å². The fourth-order valence-corrected chi connectivity index (χ4v) is 1.17. The zero-order chi connectivity index (χ0) is 9.52. The highest BCUT2D eigenvalue weighted by atomic mass is 16.3. The van der Waals surface area contributed by atoms with Gasteiger partial charge in [0.15, 0.2) is 0 Å². The zero-order valence-corrected chi connectivity index (χ0v) is 8.12. The quantitative estimate of drug-likeness (QED) is 0.655. The van der Waals surface area contributed by atoms with Gasteiger partial charge in [0.2, 0.25) is 0 Å². The monoisotopic (exact) mass is 182 g/mol. The van der Waals surface area contributed by atoms with Crippen LogP contribution in [-0.4, -0.2) is 12.6 Å². The molecule has 1 rings (SSSR count). The Balaban J connectivity index is 1.96. The van der Waals surface area contributed by atoms with Gasteiger partial charge in [-0.25, -0.2) is 0 Å². The summed E-state index contributed by atoms with van der Waals surface area (Å²) < 4.78 is 5.17. The second-order valence-electron chi connectivity index (χ2n) is 3.38. The molecule has 1 aromatic rings. The minimum absolute atomic E-state index is 0.311. The molecule has 0 fully saturated rings. The molecule has 0 saturated carbocycles. The molecular weight excluding hydrogens is 164 g/mol. The Bertz CT molecular complexity index is 207. The Morgan fingerprint density at radius 2 is 2.46 bits per heavy atom. The van der Waals surface area contributed by atoms with Gasteiger partial charge in [-0.05, 0) is 38.4 Å². The van der Waals surface area contributed by atoms with Crippen LogP contribution in [0.1, 0.15) is 25.5 Å². The first-order chi connectivity index (χ1) is 6.29.